The second-order valence-electron chi connectivity index (χ2n) is 6.31. The Balaban J connectivity index is 0.00000156. The molecule has 140 valence electrons. The van der Waals surface area contributed by atoms with Crippen LogP contribution in [-0.2, 0) is 11.2 Å². The Morgan fingerprint density at radius 3 is 2.92 bits per heavy atom. The molecule has 2 unspecified atom stereocenters. The molecule has 0 bridgehead atoms. The Hall–Kier alpha value is -1.08. The fourth-order valence-electron chi connectivity index (χ4n) is 3.02. The number of piperidine rings is 1. The number of thiophene rings is 1. The first kappa shape index (κ1) is 22.0. The summed E-state index contributed by atoms with van der Waals surface area (Å²) in [5, 5.41) is 3.98. The van der Waals surface area contributed by atoms with Crippen molar-refractivity contribution in [2.24, 2.45) is 11.7 Å². The minimum Gasteiger partial charge on any atom is -0.441 e. The van der Waals surface area contributed by atoms with E-state index in [0.717, 1.165) is 42.9 Å². The fourth-order valence-corrected chi connectivity index (χ4v) is 3.65. The molecule has 3 rings (SSSR count). The molecule has 0 aliphatic carbocycles. The minimum absolute atomic E-state index is 0. The summed E-state index contributed by atoms with van der Waals surface area (Å²) in [6, 6.07) is 2.10. The molecular weight excluding hydrogens is 381 g/mol. The Kier molecular flexibility index (Phi) is 8.41. The molecule has 2 N–H and O–H groups in total. The summed E-state index contributed by atoms with van der Waals surface area (Å²) < 4.78 is 5.71. The normalized spacial score (nSPS) is 18.2. The highest BCUT2D eigenvalue weighted by Gasteiger charge is 2.27. The van der Waals surface area contributed by atoms with Gasteiger partial charge in [-0.3, -0.25) is 4.79 Å². The number of hydrogen-bond donors (Lipinski definition) is 1. The van der Waals surface area contributed by atoms with E-state index in [-0.39, 0.29) is 36.8 Å². The van der Waals surface area contributed by atoms with Crippen molar-refractivity contribution in [3.05, 3.63) is 28.3 Å². The summed E-state index contributed by atoms with van der Waals surface area (Å²) in [5.41, 5.74) is 7.70. The molecule has 1 aliphatic rings. The van der Waals surface area contributed by atoms with Gasteiger partial charge in [0.05, 0.1) is 12.1 Å². The lowest BCUT2D eigenvalue weighted by atomic mass is 9.92. The summed E-state index contributed by atoms with van der Waals surface area (Å²) in [6.07, 6.45) is 2.42. The van der Waals surface area contributed by atoms with E-state index >= 15 is 0 Å². The van der Waals surface area contributed by atoms with Crippen LogP contribution < -0.4 is 5.73 Å². The molecule has 2 aromatic rings. The van der Waals surface area contributed by atoms with E-state index in [4.69, 9.17) is 10.2 Å². The lowest BCUT2D eigenvalue weighted by Crippen LogP contribution is -2.45. The van der Waals surface area contributed by atoms with Gasteiger partial charge in [-0.15, -0.1) is 24.8 Å². The van der Waals surface area contributed by atoms with Gasteiger partial charge in [-0.1, -0.05) is 0 Å². The molecule has 1 fully saturated rings. The maximum atomic E-state index is 12.6. The van der Waals surface area contributed by atoms with Gasteiger partial charge in [0.25, 0.3) is 0 Å². The van der Waals surface area contributed by atoms with E-state index in [0.29, 0.717) is 18.2 Å². The number of aromatic nitrogens is 1. The van der Waals surface area contributed by atoms with Crippen molar-refractivity contribution < 1.29 is 9.21 Å². The largest absolute Gasteiger partial charge is 0.441 e. The predicted molar refractivity (Wildman–Crippen MR) is 106 cm³/mol. The molecule has 2 atom stereocenters. The Bertz CT molecular complexity index is 673. The molecule has 8 heteroatoms. The number of hydrogen-bond acceptors (Lipinski definition) is 5. The number of likely N-dealkylation sites (tertiary alicyclic amines) is 1. The molecule has 1 amide bonds. The monoisotopic (exact) mass is 405 g/mol. The fraction of sp³-hybridized carbons (Fsp3) is 0.529. The summed E-state index contributed by atoms with van der Waals surface area (Å²) in [6.45, 7) is 5.46. The van der Waals surface area contributed by atoms with Crippen LogP contribution in [0.2, 0.25) is 0 Å². The van der Waals surface area contributed by atoms with Crippen LogP contribution in [0.5, 0.6) is 0 Å². The van der Waals surface area contributed by atoms with Crippen molar-refractivity contribution in [2.75, 3.05) is 13.1 Å². The van der Waals surface area contributed by atoms with Crippen LogP contribution in [0, 0.1) is 12.8 Å². The Morgan fingerprint density at radius 2 is 2.28 bits per heavy atom. The first-order valence-corrected chi connectivity index (χ1v) is 9.01. The van der Waals surface area contributed by atoms with Gasteiger partial charge in [0.15, 0.2) is 0 Å². The van der Waals surface area contributed by atoms with Gasteiger partial charge >= 0.3 is 0 Å². The van der Waals surface area contributed by atoms with Crippen LogP contribution in [0.1, 0.15) is 31.2 Å². The van der Waals surface area contributed by atoms with Gasteiger partial charge < -0.3 is 15.1 Å². The molecule has 5 nitrogen and oxygen atoms in total. The van der Waals surface area contributed by atoms with E-state index in [1.807, 2.05) is 35.6 Å². The number of rotatable bonds is 4. The highest BCUT2D eigenvalue weighted by molar-refractivity contribution is 7.08. The second kappa shape index (κ2) is 9.57. The van der Waals surface area contributed by atoms with E-state index in [2.05, 4.69) is 4.98 Å². The number of carbonyl (C=O) groups is 1. The summed E-state index contributed by atoms with van der Waals surface area (Å²) in [5.74, 6) is 1.83. The van der Waals surface area contributed by atoms with Crippen LogP contribution in [0.3, 0.4) is 0 Å². The quantitative estimate of drug-likeness (QED) is 0.841. The zero-order valence-electron chi connectivity index (χ0n) is 14.4. The van der Waals surface area contributed by atoms with Gasteiger partial charge in [0.2, 0.25) is 11.8 Å². The second-order valence-corrected chi connectivity index (χ2v) is 7.09. The number of amides is 1. The standard InChI is InChI=1S/C17H23N3O2S.2ClH/c1-11(18)13-4-3-6-20(9-13)16(21)8-15-12(2)22-17(19-15)14-5-7-23-10-14;;/h5,7,10-11,13H,3-4,6,8-9,18H2,1-2H3;2*1H. The van der Waals surface area contributed by atoms with Crippen LogP contribution in [0.4, 0.5) is 0 Å². The van der Waals surface area contributed by atoms with Crippen LogP contribution in [0.25, 0.3) is 11.5 Å². The molecule has 0 saturated carbocycles. The van der Waals surface area contributed by atoms with Crippen molar-refractivity contribution in [3.63, 3.8) is 0 Å². The third-order valence-electron chi connectivity index (χ3n) is 4.53. The highest BCUT2D eigenvalue weighted by atomic mass is 35.5. The first-order chi connectivity index (χ1) is 11.0. The molecule has 25 heavy (non-hydrogen) atoms. The van der Waals surface area contributed by atoms with E-state index in [1.165, 1.54) is 0 Å². The third kappa shape index (κ3) is 5.20. The van der Waals surface area contributed by atoms with Crippen LogP contribution in [-0.4, -0.2) is 34.9 Å². The number of nitrogens with zero attached hydrogens (tertiary/aromatic N) is 2. The molecular formula is C17H25Cl2N3O2S. The average molecular weight is 406 g/mol. The van der Waals surface area contributed by atoms with Gasteiger partial charge in [-0.25, -0.2) is 4.98 Å². The molecule has 1 saturated heterocycles. The van der Waals surface area contributed by atoms with E-state index < -0.39 is 0 Å². The van der Waals surface area contributed by atoms with Crippen LogP contribution in [0.15, 0.2) is 21.2 Å². The smallest absolute Gasteiger partial charge is 0.228 e. The maximum absolute atomic E-state index is 12.6. The molecule has 1 aliphatic heterocycles. The van der Waals surface area contributed by atoms with Crippen LogP contribution >= 0.6 is 36.2 Å². The lowest BCUT2D eigenvalue weighted by molar-refractivity contribution is -0.132. The van der Waals surface area contributed by atoms with Crippen molar-refractivity contribution in [1.29, 1.82) is 0 Å². The van der Waals surface area contributed by atoms with Crippen molar-refractivity contribution >= 4 is 42.1 Å². The molecule has 0 spiro atoms. The van der Waals surface area contributed by atoms with E-state index in [1.54, 1.807) is 11.3 Å². The highest BCUT2D eigenvalue weighted by Crippen LogP contribution is 2.25. The lowest BCUT2D eigenvalue weighted by Gasteiger charge is -2.34. The zero-order valence-corrected chi connectivity index (χ0v) is 16.9. The summed E-state index contributed by atoms with van der Waals surface area (Å²) >= 11 is 1.60. The first-order valence-electron chi connectivity index (χ1n) is 8.07. The molecule has 0 radical (unpaired) electrons. The molecule has 3 heterocycles. The van der Waals surface area contributed by atoms with E-state index in [9.17, 15) is 4.79 Å². The SMILES string of the molecule is Cc1oc(-c2ccsc2)nc1CC(=O)N1CCCC(C(C)N)C1.Cl.Cl. The van der Waals surface area contributed by atoms with Crippen molar-refractivity contribution in [2.45, 2.75) is 39.2 Å². The number of carbonyl (C=O) groups excluding carboxylic acids is 1. The summed E-state index contributed by atoms with van der Waals surface area (Å²) in [7, 11) is 0. The van der Waals surface area contributed by atoms with Crippen molar-refractivity contribution in [3.8, 4) is 11.5 Å². The zero-order chi connectivity index (χ0) is 16.4. The maximum Gasteiger partial charge on any atom is 0.228 e. The number of aryl methyl sites for hydroxylation is 1. The number of halogens is 2. The van der Waals surface area contributed by atoms with Gasteiger partial charge in [0, 0.05) is 30.1 Å². The van der Waals surface area contributed by atoms with Gasteiger partial charge in [-0.2, -0.15) is 11.3 Å². The Morgan fingerprint density at radius 1 is 1.52 bits per heavy atom. The third-order valence-corrected chi connectivity index (χ3v) is 5.22. The Labute approximate surface area is 164 Å². The van der Waals surface area contributed by atoms with Crippen molar-refractivity contribution in [1.82, 2.24) is 9.88 Å². The topological polar surface area (TPSA) is 72.4 Å². The predicted octanol–water partition coefficient (Wildman–Crippen LogP) is 3.68. The van der Waals surface area contributed by atoms with Gasteiger partial charge in [0.1, 0.15) is 5.76 Å². The molecule has 2 aromatic heterocycles. The average Bonchev–Trinajstić information content (AvgIpc) is 3.18. The van der Waals surface area contributed by atoms with Gasteiger partial charge in [-0.05, 0) is 44.1 Å². The number of oxazole rings is 1. The summed E-state index contributed by atoms with van der Waals surface area (Å²) in [4.78, 5) is 19.0. The molecule has 0 aromatic carbocycles. The number of nitrogens with two attached hydrogens (primary N) is 1. The minimum atomic E-state index is 0.